The molecular weight excluding hydrogens is 160 g/mol. The summed E-state index contributed by atoms with van der Waals surface area (Å²) in [6.45, 7) is 2.50. The summed E-state index contributed by atoms with van der Waals surface area (Å²) in [7, 11) is 1.28. The van der Waals surface area contributed by atoms with Gasteiger partial charge in [0.15, 0.2) is 0 Å². The van der Waals surface area contributed by atoms with Gasteiger partial charge < -0.3 is 14.2 Å². The molecule has 1 atom stereocenters. The lowest BCUT2D eigenvalue weighted by atomic mass is 10.2. The predicted molar refractivity (Wildman–Crippen MR) is 41.6 cm³/mol. The van der Waals surface area contributed by atoms with Gasteiger partial charge in [-0.05, 0) is 19.4 Å². The van der Waals surface area contributed by atoms with Crippen LogP contribution in [-0.2, 0) is 14.2 Å². The summed E-state index contributed by atoms with van der Waals surface area (Å²) in [5.41, 5.74) is 0. The predicted octanol–water partition coefficient (Wildman–Crippen LogP) is 1.46. The fourth-order valence-electron chi connectivity index (χ4n) is 0.957. The van der Waals surface area contributed by atoms with Crippen molar-refractivity contribution in [1.82, 2.24) is 0 Å². The Balaban J connectivity index is 2.49. The van der Waals surface area contributed by atoms with E-state index in [-0.39, 0.29) is 6.10 Å². The van der Waals surface area contributed by atoms with E-state index < -0.39 is 6.16 Å². The number of rotatable bonds is 1. The van der Waals surface area contributed by atoms with Gasteiger partial charge in [0.25, 0.3) is 0 Å². The lowest BCUT2D eigenvalue weighted by molar-refractivity contribution is 0.0258. The molecule has 0 saturated heterocycles. The van der Waals surface area contributed by atoms with Gasteiger partial charge in [0, 0.05) is 0 Å². The van der Waals surface area contributed by atoms with Crippen molar-refractivity contribution in [2.45, 2.75) is 19.4 Å². The second-order valence-electron chi connectivity index (χ2n) is 2.46. The highest BCUT2D eigenvalue weighted by Gasteiger charge is 2.17. The van der Waals surface area contributed by atoms with Gasteiger partial charge >= 0.3 is 6.16 Å². The summed E-state index contributed by atoms with van der Waals surface area (Å²) >= 11 is 0. The number of methoxy groups -OCH3 is 1. The molecule has 0 aromatic heterocycles. The van der Waals surface area contributed by atoms with Crippen LogP contribution < -0.4 is 0 Å². The minimum Gasteiger partial charge on any atom is -0.437 e. The van der Waals surface area contributed by atoms with Gasteiger partial charge in [0.05, 0.1) is 13.7 Å². The van der Waals surface area contributed by atoms with Crippen molar-refractivity contribution >= 4 is 6.16 Å². The topological polar surface area (TPSA) is 44.8 Å². The van der Waals surface area contributed by atoms with Crippen LogP contribution in [0.5, 0.6) is 0 Å². The maximum Gasteiger partial charge on any atom is 0.513 e. The van der Waals surface area contributed by atoms with Gasteiger partial charge in [-0.25, -0.2) is 4.79 Å². The van der Waals surface area contributed by atoms with E-state index in [1.165, 1.54) is 7.11 Å². The number of hydrogen-bond donors (Lipinski definition) is 0. The molecule has 1 aliphatic rings. The lowest BCUT2D eigenvalue weighted by Crippen LogP contribution is -2.21. The minimum atomic E-state index is -0.696. The molecule has 0 N–H and O–H groups in total. The monoisotopic (exact) mass is 172 g/mol. The number of carbonyl (C=O) groups excluding carboxylic acids is 1. The zero-order chi connectivity index (χ0) is 8.97. The molecule has 0 radical (unpaired) electrons. The number of hydrogen-bond acceptors (Lipinski definition) is 4. The van der Waals surface area contributed by atoms with Gasteiger partial charge in [0.1, 0.15) is 11.9 Å². The van der Waals surface area contributed by atoms with Gasteiger partial charge in [-0.2, -0.15) is 0 Å². The van der Waals surface area contributed by atoms with Crippen molar-refractivity contribution in [2.24, 2.45) is 0 Å². The van der Waals surface area contributed by atoms with Crippen molar-refractivity contribution in [3.05, 3.63) is 11.8 Å². The molecule has 0 spiro atoms. The van der Waals surface area contributed by atoms with E-state index >= 15 is 0 Å². The highest BCUT2D eigenvalue weighted by atomic mass is 16.7. The van der Waals surface area contributed by atoms with E-state index in [1.54, 1.807) is 0 Å². The van der Waals surface area contributed by atoms with Gasteiger partial charge in [-0.1, -0.05) is 0 Å². The Bertz CT molecular complexity index is 197. The van der Waals surface area contributed by atoms with E-state index in [0.29, 0.717) is 12.4 Å². The maximum absolute atomic E-state index is 10.7. The van der Waals surface area contributed by atoms with Gasteiger partial charge in [-0.15, -0.1) is 0 Å². The first-order chi connectivity index (χ1) is 5.74. The van der Waals surface area contributed by atoms with Crippen LogP contribution in [-0.4, -0.2) is 26.0 Å². The van der Waals surface area contributed by atoms with E-state index in [0.717, 1.165) is 6.42 Å². The average Bonchev–Trinajstić information content (AvgIpc) is 2.09. The quantitative estimate of drug-likeness (QED) is 0.562. The van der Waals surface area contributed by atoms with Crippen LogP contribution in [0.1, 0.15) is 13.3 Å². The molecule has 0 aliphatic carbocycles. The van der Waals surface area contributed by atoms with E-state index in [4.69, 9.17) is 9.47 Å². The first-order valence-electron chi connectivity index (χ1n) is 3.81. The van der Waals surface area contributed by atoms with Crippen molar-refractivity contribution in [1.29, 1.82) is 0 Å². The van der Waals surface area contributed by atoms with E-state index in [1.807, 2.05) is 13.0 Å². The molecule has 12 heavy (non-hydrogen) atoms. The minimum absolute atomic E-state index is 0.155. The van der Waals surface area contributed by atoms with Gasteiger partial charge in [0.2, 0.25) is 0 Å². The zero-order valence-corrected chi connectivity index (χ0v) is 7.20. The number of carbonyl (C=O) groups is 1. The SMILES string of the molecule is COC(=O)OC1=CCCOC1C. The molecule has 0 fully saturated rings. The Hall–Kier alpha value is -1.03. The molecule has 0 aromatic carbocycles. The van der Waals surface area contributed by atoms with Crippen molar-refractivity contribution in [2.75, 3.05) is 13.7 Å². The largest absolute Gasteiger partial charge is 0.513 e. The van der Waals surface area contributed by atoms with Crippen molar-refractivity contribution in [3.63, 3.8) is 0 Å². The Morgan fingerprint density at radius 3 is 3.08 bits per heavy atom. The summed E-state index contributed by atoms with van der Waals surface area (Å²) in [5.74, 6) is 0.535. The number of ether oxygens (including phenoxy) is 3. The lowest BCUT2D eigenvalue weighted by Gasteiger charge is -2.19. The molecule has 1 rings (SSSR count). The van der Waals surface area contributed by atoms with Crippen LogP contribution in [0.25, 0.3) is 0 Å². The summed E-state index contributed by atoms with van der Waals surface area (Å²) < 4.78 is 14.4. The highest BCUT2D eigenvalue weighted by Crippen LogP contribution is 2.15. The summed E-state index contributed by atoms with van der Waals surface area (Å²) in [5, 5.41) is 0. The van der Waals surface area contributed by atoms with Crippen LogP contribution in [0.4, 0.5) is 4.79 Å². The van der Waals surface area contributed by atoms with Crippen LogP contribution in [0.15, 0.2) is 11.8 Å². The Morgan fingerprint density at radius 1 is 1.75 bits per heavy atom. The van der Waals surface area contributed by atoms with E-state index in [2.05, 4.69) is 4.74 Å². The fourth-order valence-corrected chi connectivity index (χ4v) is 0.957. The van der Waals surface area contributed by atoms with Crippen molar-refractivity contribution in [3.8, 4) is 0 Å². The Labute approximate surface area is 71.1 Å². The third-order valence-corrected chi connectivity index (χ3v) is 1.60. The molecule has 1 heterocycles. The first-order valence-corrected chi connectivity index (χ1v) is 3.81. The van der Waals surface area contributed by atoms with Gasteiger partial charge in [-0.3, -0.25) is 0 Å². The molecule has 1 aliphatic heterocycles. The maximum atomic E-state index is 10.7. The molecule has 1 unspecified atom stereocenters. The molecular formula is C8H12O4. The molecule has 4 nitrogen and oxygen atoms in total. The second-order valence-corrected chi connectivity index (χ2v) is 2.46. The second kappa shape index (κ2) is 4.11. The van der Waals surface area contributed by atoms with Crippen LogP contribution in [0, 0.1) is 0 Å². The van der Waals surface area contributed by atoms with Crippen LogP contribution >= 0.6 is 0 Å². The third kappa shape index (κ3) is 2.23. The fraction of sp³-hybridized carbons (Fsp3) is 0.625. The summed E-state index contributed by atoms with van der Waals surface area (Å²) in [6, 6.07) is 0. The highest BCUT2D eigenvalue weighted by molar-refractivity contribution is 5.61. The van der Waals surface area contributed by atoms with E-state index in [9.17, 15) is 4.79 Å². The molecule has 0 saturated carbocycles. The standard InChI is InChI=1S/C8H12O4/c1-6-7(4-3-5-11-6)12-8(9)10-2/h4,6H,3,5H2,1-2H3. The zero-order valence-electron chi connectivity index (χ0n) is 7.20. The average molecular weight is 172 g/mol. The molecule has 0 bridgehead atoms. The summed E-state index contributed by atoms with van der Waals surface area (Å²) in [6.07, 6.45) is 1.76. The smallest absolute Gasteiger partial charge is 0.437 e. The Morgan fingerprint density at radius 2 is 2.50 bits per heavy atom. The normalized spacial score (nSPS) is 22.8. The first kappa shape index (κ1) is 9.06. The molecule has 0 amide bonds. The Kier molecular flexibility index (Phi) is 3.10. The molecule has 0 aromatic rings. The van der Waals surface area contributed by atoms with Crippen LogP contribution in [0.2, 0.25) is 0 Å². The third-order valence-electron chi connectivity index (χ3n) is 1.60. The molecule has 68 valence electrons. The molecule has 4 heteroatoms. The summed E-state index contributed by atoms with van der Waals surface area (Å²) in [4.78, 5) is 10.7. The van der Waals surface area contributed by atoms with Crippen LogP contribution in [0.3, 0.4) is 0 Å². The van der Waals surface area contributed by atoms with Crippen molar-refractivity contribution < 1.29 is 19.0 Å².